The molecule has 5 aliphatic heterocycles. The number of hydrogen-bond acceptors (Lipinski definition) is 11. The fourth-order valence-electron chi connectivity index (χ4n) is 11.4. The number of fused-ring (bicyclic) bond motifs is 8. The molecule has 3 saturated heterocycles. The SMILES string of the molecule is CCn1c(-c2cccnc2[C@H](C)OC)c2c3cc(ccc31)-c1cc3cc(c1)OC[C@@H]1[C@H](CCN1C(=O)N1CC(OC)C1)C(=O)N(C)[C@@H](C(C)C)C(=O)N[C@@H](C3)C(=O)N1CCC[C@H](N1)C(=O)OCC(C)(C)C2. The van der Waals surface area contributed by atoms with Crippen molar-refractivity contribution >= 4 is 40.6 Å². The minimum absolute atomic E-state index is 0.0187. The summed E-state index contributed by atoms with van der Waals surface area (Å²) in [5.41, 5.74) is 9.94. The predicted octanol–water partition coefficient (Wildman–Crippen LogP) is 5.76. The van der Waals surface area contributed by atoms with Crippen molar-refractivity contribution in [2.75, 3.05) is 60.7 Å². The van der Waals surface area contributed by atoms with Gasteiger partial charge in [-0.05, 0) is 104 Å². The average molecular weight is 975 g/mol. The fraction of sp³-hybridized carbons (Fsp3) is 0.556. The monoisotopic (exact) mass is 975 g/mol. The van der Waals surface area contributed by atoms with Gasteiger partial charge in [-0.25, -0.2) is 10.2 Å². The summed E-state index contributed by atoms with van der Waals surface area (Å²) < 4.78 is 26.6. The summed E-state index contributed by atoms with van der Waals surface area (Å²) in [4.78, 5) is 82.4. The highest BCUT2D eigenvalue weighted by atomic mass is 16.5. The predicted molar refractivity (Wildman–Crippen MR) is 267 cm³/mol. The molecule has 2 N–H and O–H groups in total. The van der Waals surface area contributed by atoms with E-state index in [1.165, 1.54) is 9.91 Å². The molecule has 0 saturated carbocycles. The number of aryl methyl sites for hydroxylation is 1. The number of nitrogens with zero attached hydrogens (tertiary/aromatic N) is 6. The number of aromatic nitrogens is 2. The van der Waals surface area contributed by atoms with Crippen molar-refractivity contribution in [1.82, 2.24) is 40.0 Å². The molecule has 2 aromatic heterocycles. The van der Waals surface area contributed by atoms with Gasteiger partial charge in [-0.1, -0.05) is 39.8 Å². The van der Waals surface area contributed by atoms with Crippen molar-refractivity contribution in [3.8, 4) is 28.1 Å². The Labute approximate surface area is 416 Å². The number of urea groups is 1. The van der Waals surface area contributed by atoms with Crippen molar-refractivity contribution in [2.45, 2.75) is 117 Å². The van der Waals surface area contributed by atoms with E-state index in [-0.39, 0.29) is 49.7 Å². The van der Waals surface area contributed by atoms with Crippen LogP contribution in [0, 0.1) is 17.3 Å². The number of likely N-dealkylation sites (N-methyl/N-ethyl adjacent to an activating group) is 1. The first-order chi connectivity index (χ1) is 34.0. The number of amides is 5. The lowest BCUT2D eigenvalue weighted by atomic mass is 9.84. The highest BCUT2D eigenvalue weighted by Crippen LogP contribution is 2.43. The van der Waals surface area contributed by atoms with Gasteiger partial charge in [0.25, 0.3) is 5.91 Å². The second-order valence-corrected chi connectivity index (χ2v) is 21.2. The molecule has 0 radical (unpaired) electrons. The van der Waals surface area contributed by atoms with Gasteiger partial charge in [0.1, 0.15) is 30.5 Å². The number of hydrazine groups is 1. The van der Waals surface area contributed by atoms with E-state index in [0.717, 1.165) is 50.1 Å². The normalized spacial score (nSPS) is 24.8. The Bertz CT molecular complexity index is 2700. The number of nitrogens with one attached hydrogen (secondary N) is 2. The highest BCUT2D eigenvalue weighted by Gasteiger charge is 2.48. The zero-order chi connectivity index (χ0) is 50.5. The van der Waals surface area contributed by atoms with Crippen LogP contribution in [0.4, 0.5) is 4.79 Å². The molecule has 5 aliphatic rings. The highest BCUT2D eigenvalue weighted by molar-refractivity contribution is 5.96. The zero-order valence-electron chi connectivity index (χ0n) is 42.7. The van der Waals surface area contributed by atoms with Crippen molar-refractivity contribution in [3.63, 3.8) is 0 Å². The number of pyridine rings is 1. The third-order valence-corrected chi connectivity index (χ3v) is 15.3. The maximum Gasteiger partial charge on any atom is 0.324 e. The van der Waals surface area contributed by atoms with Crippen molar-refractivity contribution in [2.24, 2.45) is 17.3 Å². The van der Waals surface area contributed by atoms with Crippen molar-refractivity contribution in [3.05, 3.63) is 71.5 Å². The number of carbonyl (C=O) groups is 5. The van der Waals surface area contributed by atoms with Crippen LogP contribution in [0.5, 0.6) is 5.75 Å². The summed E-state index contributed by atoms with van der Waals surface area (Å²) in [5.74, 6) is -2.15. The molecular weight excluding hydrogens is 905 g/mol. The fourth-order valence-corrected chi connectivity index (χ4v) is 11.4. The molecule has 7 heterocycles. The van der Waals surface area contributed by atoms with E-state index in [9.17, 15) is 24.0 Å². The van der Waals surface area contributed by atoms with Crippen molar-refractivity contribution in [1.29, 1.82) is 0 Å². The molecule has 5 amide bonds. The topological polar surface area (TPSA) is 177 Å². The van der Waals surface area contributed by atoms with Crippen LogP contribution in [-0.4, -0.2) is 150 Å². The number of ether oxygens (including phenoxy) is 4. The molecule has 9 rings (SSSR count). The van der Waals surface area contributed by atoms with E-state index >= 15 is 0 Å². The van der Waals surface area contributed by atoms with Crippen LogP contribution < -0.4 is 15.5 Å². The lowest BCUT2D eigenvalue weighted by molar-refractivity contribution is -0.155. The third kappa shape index (κ3) is 9.72. The van der Waals surface area contributed by atoms with E-state index in [1.807, 2.05) is 45.0 Å². The molecule has 3 fully saturated rings. The molecule has 8 bridgehead atoms. The third-order valence-electron chi connectivity index (χ3n) is 15.3. The van der Waals surface area contributed by atoms with E-state index < -0.39 is 53.3 Å². The number of likely N-dealkylation sites (tertiary alicyclic amines) is 2. The number of esters is 1. The molecule has 0 aliphatic carbocycles. The lowest BCUT2D eigenvalue weighted by Crippen LogP contribution is -2.62. The van der Waals surface area contributed by atoms with Gasteiger partial charge in [0, 0.05) is 75.4 Å². The largest absolute Gasteiger partial charge is 0.491 e. The van der Waals surface area contributed by atoms with E-state index in [2.05, 4.69) is 60.3 Å². The van der Waals surface area contributed by atoms with Gasteiger partial charge in [-0.2, -0.15) is 0 Å². The number of hydrogen-bond donors (Lipinski definition) is 2. The Morgan fingerprint density at radius 1 is 0.944 bits per heavy atom. The van der Waals surface area contributed by atoms with Crippen molar-refractivity contribution < 1.29 is 42.9 Å². The first-order valence-corrected chi connectivity index (χ1v) is 25.3. The Hall–Kier alpha value is -6.04. The number of carbonyl (C=O) groups excluding carboxylic acids is 5. The molecule has 2 aromatic carbocycles. The summed E-state index contributed by atoms with van der Waals surface area (Å²) in [6.45, 7) is 14.4. The van der Waals surface area contributed by atoms with Crippen LogP contribution >= 0.6 is 0 Å². The zero-order valence-corrected chi connectivity index (χ0v) is 42.7. The summed E-state index contributed by atoms with van der Waals surface area (Å²) in [7, 11) is 4.94. The smallest absolute Gasteiger partial charge is 0.324 e. The molecule has 4 aromatic rings. The van der Waals surface area contributed by atoms with Gasteiger partial charge in [0.05, 0.1) is 55.3 Å². The van der Waals surface area contributed by atoms with E-state index in [0.29, 0.717) is 64.2 Å². The van der Waals surface area contributed by atoms with Crippen LogP contribution in [0.15, 0.2) is 54.7 Å². The van der Waals surface area contributed by atoms with E-state index in [4.69, 9.17) is 23.9 Å². The van der Waals surface area contributed by atoms with Crippen LogP contribution in [0.3, 0.4) is 0 Å². The van der Waals surface area contributed by atoms with Crippen LogP contribution in [0.2, 0.25) is 0 Å². The molecular formula is C54H70N8O9. The van der Waals surface area contributed by atoms with Gasteiger partial charge in [0.2, 0.25) is 11.8 Å². The van der Waals surface area contributed by atoms with Gasteiger partial charge in [-0.15, -0.1) is 0 Å². The number of methoxy groups -OCH3 is 2. The van der Waals surface area contributed by atoms with Gasteiger partial charge < -0.3 is 43.5 Å². The summed E-state index contributed by atoms with van der Waals surface area (Å²) in [6, 6.07) is 12.7. The molecule has 0 spiro atoms. The summed E-state index contributed by atoms with van der Waals surface area (Å²) >= 11 is 0. The molecule has 17 nitrogen and oxygen atoms in total. The Kier molecular flexibility index (Phi) is 14.2. The minimum atomic E-state index is -1.10. The van der Waals surface area contributed by atoms with Crippen LogP contribution in [0.1, 0.15) is 83.7 Å². The number of benzene rings is 2. The minimum Gasteiger partial charge on any atom is -0.491 e. The van der Waals surface area contributed by atoms with Gasteiger partial charge in [0.15, 0.2) is 0 Å². The first-order valence-electron chi connectivity index (χ1n) is 25.3. The maximum absolute atomic E-state index is 14.9. The Balaban J connectivity index is 1.22. The quantitative estimate of drug-likeness (QED) is 0.225. The summed E-state index contributed by atoms with van der Waals surface area (Å²) in [6.07, 6.45) is 3.44. The van der Waals surface area contributed by atoms with Gasteiger partial charge >= 0.3 is 12.0 Å². The Morgan fingerprint density at radius 3 is 2.46 bits per heavy atom. The Morgan fingerprint density at radius 2 is 1.73 bits per heavy atom. The second kappa shape index (κ2) is 20.2. The standard InChI is InChI=1S/C54H70N8O9/c1-10-60-44-16-15-34-25-40(44)41(48(60)39-13-11-18-55-46(39)32(4)68-8)26-54(5,6)30-71-52(66)42-14-12-19-62(57-42)51(65)43-23-33-21-35(34)24-36(22-33)70-29-45-38(50(64)58(7)47(31(2)3)49(63)56-43)17-20-61(45)53(67)59-27-37(28-59)69-9/h11,13,15-16,18,21-22,24-25,31-32,37-38,42-43,45,47,57H,10,12,14,17,19-20,23,26-30H2,1-9H3,(H,56,63)/t32-,38-,42-,43-,45+,47-/m0/s1. The van der Waals surface area contributed by atoms with Crippen LogP contribution in [0.25, 0.3) is 33.3 Å². The first kappa shape index (κ1) is 49.9. The van der Waals surface area contributed by atoms with Crippen LogP contribution in [-0.2, 0) is 52.8 Å². The van der Waals surface area contributed by atoms with E-state index in [1.54, 1.807) is 37.3 Å². The maximum atomic E-state index is 14.9. The average Bonchev–Trinajstić information content (AvgIpc) is 3.91. The number of cyclic esters (lactones) is 1. The molecule has 380 valence electrons. The molecule has 71 heavy (non-hydrogen) atoms. The number of rotatable bonds is 6. The second-order valence-electron chi connectivity index (χ2n) is 21.2. The van der Waals surface area contributed by atoms with Gasteiger partial charge in [-0.3, -0.25) is 29.2 Å². The molecule has 0 unspecified atom stereocenters. The summed E-state index contributed by atoms with van der Waals surface area (Å²) in [5, 5.41) is 5.55. The lowest BCUT2D eigenvalue weighted by Gasteiger charge is -2.42. The molecule has 6 atom stereocenters. The molecule has 17 heteroatoms.